The van der Waals surface area contributed by atoms with Crippen LogP contribution in [-0.2, 0) is 123 Å². The first-order chi connectivity index (χ1) is 62.7. The van der Waals surface area contributed by atoms with E-state index in [1.807, 2.05) is 0 Å². The summed E-state index contributed by atoms with van der Waals surface area (Å²) >= 11 is 44.9. The quantitative estimate of drug-likeness (QED) is 0.0156. The summed E-state index contributed by atoms with van der Waals surface area (Å²) in [4.78, 5) is 8.57. The predicted molar refractivity (Wildman–Crippen MR) is 597 cm³/mol. The Bertz CT molecular complexity index is 3450. The number of rotatable bonds is 64. The number of hydrogen-bond donors (Lipinski definition) is 0. The molecular formula is C116H168MoN4S8. The second-order valence-corrected chi connectivity index (χ2v) is 39.7. The van der Waals surface area contributed by atoms with Crippen LogP contribution in [-0.4, -0.2) is 17.3 Å². The molecule has 0 unspecified atom stereocenters. The van der Waals surface area contributed by atoms with E-state index < -0.39 is 0 Å². The minimum absolute atomic E-state index is 0. The van der Waals surface area contributed by atoms with Gasteiger partial charge in [-0.3, -0.25) is 0 Å². The van der Waals surface area contributed by atoms with Gasteiger partial charge >= 0.3 is 21.1 Å². The predicted octanol–water partition coefficient (Wildman–Crippen LogP) is 37.8. The van der Waals surface area contributed by atoms with Gasteiger partial charge in [0.1, 0.15) is 0 Å². The number of hydrogen-bond acceptors (Lipinski definition) is 8. The Morgan fingerprint density at radius 1 is 0.163 bits per heavy atom. The molecule has 0 spiro atoms. The fourth-order valence-electron chi connectivity index (χ4n) is 17.6. The van der Waals surface area contributed by atoms with Crippen molar-refractivity contribution in [2.24, 2.45) is 0 Å². The minimum Gasteiger partial charge on any atom is -0.411 e. The Kier molecular flexibility index (Phi) is 68.6. The van der Waals surface area contributed by atoms with Crippen LogP contribution in [0, 0.1) is 0 Å². The summed E-state index contributed by atoms with van der Waals surface area (Å²) in [5.41, 5.74) is 20.1. The van der Waals surface area contributed by atoms with Crippen LogP contribution in [0.5, 0.6) is 0 Å². The maximum atomic E-state index is 5.61. The summed E-state index contributed by atoms with van der Waals surface area (Å²) in [6, 6.07) is 69.5. The molecule has 0 aliphatic carbocycles. The average Bonchev–Trinajstić information content (AvgIpc) is 0.818. The van der Waals surface area contributed by atoms with Crippen molar-refractivity contribution in [1.29, 1.82) is 0 Å². The first-order valence-corrected chi connectivity index (χ1v) is 54.7. The van der Waals surface area contributed by atoms with Gasteiger partial charge in [0, 0.05) is 45.5 Å². The summed E-state index contributed by atoms with van der Waals surface area (Å²) in [5, 5.41) is 0. The van der Waals surface area contributed by atoms with Crippen molar-refractivity contribution < 1.29 is 21.1 Å². The van der Waals surface area contributed by atoms with Crippen LogP contribution in [0.4, 0.5) is 45.5 Å². The molecule has 0 aromatic heterocycles. The second-order valence-electron chi connectivity index (χ2n) is 35.6. The molecule has 0 fully saturated rings. The summed E-state index contributed by atoms with van der Waals surface area (Å²) in [7, 11) is 0. The molecule has 0 saturated carbocycles. The third-order valence-electron chi connectivity index (χ3n) is 25.0. The van der Waals surface area contributed by atoms with E-state index in [4.69, 9.17) is 99.4 Å². The number of benzene rings is 8. The maximum absolute atomic E-state index is 5.61. The Hall–Kier alpha value is -5.11. The monoisotopic (exact) mass is 1970 g/mol. The van der Waals surface area contributed by atoms with Gasteiger partial charge < -0.3 is 119 Å². The molecule has 129 heavy (non-hydrogen) atoms. The molecule has 4 nitrogen and oxygen atoms in total. The van der Waals surface area contributed by atoms with Gasteiger partial charge in [-0.25, -0.2) is 0 Å². The van der Waals surface area contributed by atoms with Crippen molar-refractivity contribution >= 4 is 162 Å². The molecule has 706 valence electrons. The largest absolute Gasteiger partial charge is 4.00 e. The third kappa shape index (κ3) is 47.3. The topological polar surface area (TPSA) is 13.0 Å². The van der Waals surface area contributed by atoms with Crippen LogP contribution in [0.25, 0.3) is 0 Å². The van der Waals surface area contributed by atoms with E-state index in [0.29, 0.717) is 17.3 Å². The Labute approximate surface area is 848 Å². The number of anilines is 8. The fraction of sp³-hybridized carbons (Fsp3) is 0.552. The van der Waals surface area contributed by atoms with E-state index in [0.717, 1.165) is 96.9 Å². The number of nitrogens with zero attached hydrogens (tertiary/aromatic N) is 4. The molecule has 0 N–H and O–H groups in total. The van der Waals surface area contributed by atoms with Crippen molar-refractivity contribution in [1.82, 2.24) is 0 Å². The van der Waals surface area contributed by atoms with Crippen LogP contribution < -0.4 is 19.6 Å². The van der Waals surface area contributed by atoms with Crippen molar-refractivity contribution in [2.75, 3.05) is 19.6 Å². The van der Waals surface area contributed by atoms with Crippen LogP contribution in [0.3, 0.4) is 0 Å². The van der Waals surface area contributed by atoms with Crippen LogP contribution in [0.15, 0.2) is 194 Å². The van der Waals surface area contributed by atoms with E-state index >= 15 is 0 Å². The van der Waals surface area contributed by atoms with Gasteiger partial charge in [0.05, 0.1) is 0 Å². The van der Waals surface area contributed by atoms with E-state index in [1.54, 1.807) is 0 Å². The van der Waals surface area contributed by atoms with Crippen molar-refractivity contribution in [3.05, 3.63) is 239 Å². The molecule has 0 heterocycles. The van der Waals surface area contributed by atoms with Gasteiger partial charge in [0.25, 0.3) is 0 Å². The smallest absolute Gasteiger partial charge is 0.411 e. The summed E-state index contributed by atoms with van der Waals surface area (Å²) < 4.78 is 2.04. The van der Waals surface area contributed by atoms with E-state index in [9.17, 15) is 0 Å². The van der Waals surface area contributed by atoms with Crippen molar-refractivity contribution in [3.8, 4) is 0 Å². The third-order valence-corrected chi connectivity index (χ3v) is 26.4. The molecule has 8 aromatic rings. The molecule has 0 atom stereocenters. The zero-order chi connectivity index (χ0) is 92.1. The second kappa shape index (κ2) is 76.1. The first kappa shape index (κ1) is 116. The van der Waals surface area contributed by atoms with Crippen LogP contribution >= 0.6 is 48.9 Å². The Morgan fingerprint density at radius 3 is 0.357 bits per heavy atom. The van der Waals surface area contributed by atoms with E-state index in [2.05, 4.69) is 269 Å². The number of aryl methyl sites for hydroxylation is 8. The van der Waals surface area contributed by atoms with Crippen molar-refractivity contribution in [2.45, 2.75) is 415 Å². The summed E-state index contributed by atoms with van der Waals surface area (Å²) in [5.74, 6) is 0. The first-order valence-electron chi connectivity index (χ1n) is 51.4. The molecule has 8 aromatic carbocycles. The van der Waals surface area contributed by atoms with Crippen LogP contribution in [0.1, 0.15) is 408 Å². The summed E-state index contributed by atoms with van der Waals surface area (Å²) in [6.45, 7) is 18.2. The van der Waals surface area contributed by atoms with E-state index in [1.165, 1.54) is 353 Å². The molecule has 0 saturated heterocycles. The SMILES string of the molecule is CCCCCCCCc1ccccc1N(C(=S)[S-])c1ccccc1CCCCCCCC.CCCCCCCCc1ccccc1N(C(=S)[S-])c1ccccc1CCCCCCCC.CCCCCCCCc1ccccc1N(C(=S)[S-])c1ccccc1CCCCCCCC.CCCCCCCCc1ccccc1N(C(=S)[S-])c1ccccc1CCCCCCCC.[Mo+4]. The van der Waals surface area contributed by atoms with Crippen molar-refractivity contribution in [3.63, 3.8) is 0 Å². The van der Waals surface area contributed by atoms with Crippen LogP contribution in [0.2, 0.25) is 0 Å². The molecule has 0 amide bonds. The zero-order valence-electron chi connectivity index (χ0n) is 81.5. The molecule has 0 aliphatic heterocycles. The standard InChI is InChI=1S/4C29H43NS2.Mo/c4*1-3-5-7-9-11-13-19-25-21-15-17-23-27(25)30(29(31)32)28-24-18-16-22-26(28)20-14-12-10-8-6-4-2;/h4*15-18,21-24H,3-14,19-20H2,1-2H3,(H,31,32);/q;;;;+4/p-4. The number of unbranched alkanes of at least 4 members (excludes halogenated alkanes) is 40. The molecule has 0 radical (unpaired) electrons. The molecule has 0 bridgehead atoms. The maximum Gasteiger partial charge on any atom is 4.00 e. The minimum atomic E-state index is 0. The molecule has 0 aliphatic rings. The van der Waals surface area contributed by atoms with Gasteiger partial charge in [-0.1, -0.05) is 475 Å². The molecule has 8 rings (SSSR count). The van der Waals surface area contributed by atoms with E-state index in [-0.39, 0.29) is 21.1 Å². The normalized spacial score (nSPS) is 10.9. The van der Waals surface area contributed by atoms with Gasteiger partial charge in [0.15, 0.2) is 0 Å². The number of thiocarbonyl (C=S) groups is 4. The zero-order valence-corrected chi connectivity index (χ0v) is 90.1. The van der Waals surface area contributed by atoms with Gasteiger partial charge in [0.2, 0.25) is 0 Å². The van der Waals surface area contributed by atoms with Gasteiger partial charge in [-0.05, 0) is 196 Å². The fourth-order valence-corrected chi connectivity index (χ4v) is 19.2. The molecule has 13 heteroatoms. The number of para-hydroxylation sites is 8. The van der Waals surface area contributed by atoms with Gasteiger partial charge in [-0.15, -0.1) is 0 Å². The summed E-state index contributed by atoms with van der Waals surface area (Å²) in [6.07, 6.45) is 71.4. The Balaban J connectivity index is 0.000000359. The molecular weight excluding hydrogens is 1800 g/mol. The Morgan fingerprint density at radius 2 is 0.256 bits per heavy atom. The average molecular weight is 1970 g/mol. The van der Waals surface area contributed by atoms with Gasteiger partial charge in [-0.2, -0.15) is 0 Å².